The molecule has 0 aromatic heterocycles. The smallest absolute Gasteiger partial charge is 0.248 e. The van der Waals surface area contributed by atoms with Gasteiger partial charge < -0.3 is 15.5 Å². The number of aliphatic hydroxyl groups excluding tert-OH is 2. The van der Waals surface area contributed by atoms with Crippen LogP contribution in [0.4, 0.5) is 0 Å². The first kappa shape index (κ1) is 13.7. The Kier molecular flexibility index (Phi) is 5.12. The van der Waals surface area contributed by atoms with Crippen LogP contribution in [0.1, 0.15) is 19.4 Å². The molecule has 1 aromatic rings. The summed E-state index contributed by atoms with van der Waals surface area (Å²) in [7, 11) is 0. The Morgan fingerprint density at radius 1 is 1.24 bits per heavy atom. The molecule has 1 rings (SSSR count). The Labute approximate surface area is 101 Å². The molecule has 94 valence electrons. The second kappa shape index (κ2) is 6.37. The monoisotopic (exact) mass is 237 g/mol. The van der Waals surface area contributed by atoms with Gasteiger partial charge in [-0.3, -0.25) is 4.79 Å². The van der Waals surface area contributed by atoms with Crippen LogP contribution in [0.3, 0.4) is 0 Å². The van der Waals surface area contributed by atoms with E-state index in [2.05, 4.69) is 5.32 Å². The molecule has 1 aromatic carbocycles. The molecular weight excluding hydrogens is 218 g/mol. The van der Waals surface area contributed by atoms with E-state index in [1.807, 2.05) is 30.3 Å². The van der Waals surface area contributed by atoms with Gasteiger partial charge in [0, 0.05) is 6.42 Å². The van der Waals surface area contributed by atoms with Crippen molar-refractivity contribution < 1.29 is 15.0 Å². The number of hydrogen-bond donors (Lipinski definition) is 3. The summed E-state index contributed by atoms with van der Waals surface area (Å²) >= 11 is 0. The second-order valence-electron chi connectivity index (χ2n) is 4.23. The highest BCUT2D eigenvalue weighted by molar-refractivity contribution is 5.80. The summed E-state index contributed by atoms with van der Waals surface area (Å²) in [4.78, 5) is 11.2. The number of amides is 1. The molecule has 3 N–H and O–H groups in total. The Hall–Kier alpha value is -1.39. The van der Waals surface area contributed by atoms with Crippen molar-refractivity contribution in [1.29, 1.82) is 0 Å². The summed E-state index contributed by atoms with van der Waals surface area (Å²) < 4.78 is 0. The number of nitrogens with one attached hydrogen (secondary N) is 1. The third-order valence-corrected chi connectivity index (χ3v) is 2.61. The highest BCUT2D eigenvalue weighted by Gasteiger charge is 2.18. The van der Waals surface area contributed by atoms with Gasteiger partial charge in [0.25, 0.3) is 0 Å². The zero-order valence-electron chi connectivity index (χ0n) is 10.1. The van der Waals surface area contributed by atoms with Crippen LogP contribution in [0, 0.1) is 0 Å². The maximum absolute atomic E-state index is 11.2. The lowest BCUT2D eigenvalue weighted by Crippen LogP contribution is -2.45. The maximum atomic E-state index is 11.2. The minimum Gasteiger partial charge on any atom is -0.391 e. The summed E-state index contributed by atoms with van der Waals surface area (Å²) in [5.41, 5.74) is 1.01. The molecule has 0 aliphatic carbocycles. The van der Waals surface area contributed by atoms with Crippen LogP contribution in [0.15, 0.2) is 30.3 Å². The van der Waals surface area contributed by atoms with Gasteiger partial charge in [0.05, 0.1) is 12.1 Å². The zero-order chi connectivity index (χ0) is 12.8. The standard InChI is InChI=1S/C13H19NO3/c1-9(14-13(17)10(2)15)12(16)8-11-6-4-3-5-7-11/h3-7,9-10,12,15-16H,8H2,1-2H3,(H,14,17). The number of hydrogen-bond acceptors (Lipinski definition) is 3. The molecule has 4 nitrogen and oxygen atoms in total. The van der Waals surface area contributed by atoms with Crippen molar-refractivity contribution in [3.8, 4) is 0 Å². The largest absolute Gasteiger partial charge is 0.391 e. The lowest BCUT2D eigenvalue weighted by atomic mass is 10.0. The molecule has 4 heteroatoms. The maximum Gasteiger partial charge on any atom is 0.248 e. The van der Waals surface area contributed by atoms with Crippen LogP contribution in [0.2, 0.25) is 0 Å². The zero-order valence-corrected chi connectivity index (χ0v) is 10.1. The quantitative estimate of drug-likeness (QED) is 0.697. The predicted molar refractivity (Wildman–Crippen MR) is 65.4 cm³/mol. The van der Waals surface area contributed by atoms with E-state index in [-0.39, 0.29) is 0 Å². The fraction of sp³-hybridized carbons (Fsp3) is 0.462. The van der Waals surface area contributed by atoms with E-state index in [0.29, 0.717) is 6.42 Å². The summed E-state index contributed by atoms with van der Waals surface area (Å²) in [6, 6.07) is 9.17. The minimum atomic E-state index is -1.05. The van der Waals surface area contributed by atoms with Crippen LogP contribution >= 0.6 is 0 Å². The van der Waals surface area contributed by atoms with E-state index in [0.717, 1.165) is 5.56 Å². The molecule has 0 spiro atoms. The van der Waals surface area contributed by atoms with Crippen LogP contribution in [0.25, 0.3) is 0 Å². The van der Waals surface area contributed by atoms with E-state index >= 15 is 0 Å². The van der Waals surface area contributed by atoms with Gasteiger partial charge in [-0.1, -0.05) is 30.3 Å². The van der Waals surface area contributed by atoms with Crippen LogP contribution in [0.5, 0.6) is 0 Å². The molecule has 0 aliphatic rings. The van der Waals surface area contributed by atoms with Crippen LogP contribution < -0.4 is 5.32 Å². The molecule has 3 unspecified atom stereocenters. The third kappa shape index (κ3) is 4.54. The number of carbonyl (C=O) groups is 1. The highest BCUT2D eigenvalue weighted by Crippen LogP contribution is 2.06. The molecular formula is C13H19NO3. The van der Waals surface area contributed by atoms with Crippen molar-refractivity contribution in [2.75, 3.05) is 0 Å². The fourth-order valence-electron chi connectivity index (χ4n) is 1.47. The lowest BCUT2D eigenvalue weighted by Gasteiger charge is -2.21. The second-order valence-corrected chi connectivity index (χ2v) is 4.23. The van der Waals surface area contributed by atoms with Gasteiger partial charge in [-0.25, -0.2) is 0 Å². The molecule has 0 fully saturated rings. The minimum absolute atomic E-state index is 0.391. The van der Waals surface area contributed by atoms with Crippen molar-refractivity contribution in [2.45, 2.75) is 38.5 Å². The Morgan fingerprint density at radius 3 is 2.35 bits per heavy atom. The number of rotatable bonds is 5. The van der Waals surface area contributed by atoms with Gasteiger partial charge in [-0.2, -0.15) is 0 Å². The van der Waals surface area contributed by atoms with Gasteiger partial charge in [-0.05, 0) is 19.4 Å². The summed E-state index contributed by atoms with van der Waals surface area (Å²) in [6.07, 6.45) is -1.25. The van der Waals surface area contributed by atoms with Crippen molar-refractivity contribution in [3.63, 3.8) is 0 Å². The van der Waals surface area contributed by atoms with Gasteiger partial charge in [0.15, 0.2) is 0 Å². The Balaban J connectivity index is 2.47. The lowest BCUT2D eigenvalue weighted by molar-refractivity contribution is -0.129. The normalized spacial score (nSPS) is 16.0. The number of carbonyl (C=O) groups excluding carboxylic acids is 1. The number of benzene rings is 1. The van der Waals surface area contributed by atoms with Crippen LogP contribution in [-0.2, 0) is 11.2 Å². The third-order valence-electron chi connectivity index (χ3n) is 2.61. The fourth-order valence-corrected chi connectivity index (χ4v) is 1.47. The van der Waals surface area contributed by atoms with Gasteiger partial charge >= 0.3 is 0 Å². The molecule has 3 atom stereocenters. The first-order valence-electron chi connectivity index (χ1n) is 5.71. The SMILES string of the molecule is CC(O)C(=O)NC(C)C(O)Cc1ccccc1. The molecule has 0 aliphatic heterocycles. The van der Waals surface area contributed by atoms with Crippen molar-refractivity contribution >= 4 is 5.91 Å². The number of aliphatic hydroxyl groups is 2. The van der Waals surface area contributed by atoms with E-state index in [9.17, 15) is 9.90 Å². The molecule has 1 amide bonds. The van der Waals surface area contributed by atoms with Crippen molar-refractivity contribution in [2.24, 2.45) is 0 Å². The van der Waals surface area contributed by atoms with Gasteiger partial charge in [0.2, 0.25) is 5.91 Å². The van der Waals surface area contributed by atoms with E-state index < -0.39 is 24.2 Å². The first-order valence-corrected chi connectivity index (χ1v) is 5.71. The molecule has 17 heavy (non-hydrogen) atoms. The van der Waals surface area contributed by atoms with Crippen molar-refractivity contribution in [1.82, 2.24) is 5.32 Å². The molecule has 0 saturated carbocycles. The van der Waals surface area contributed by atoms with Gasteiger partial charge in [0.1, 0.15) is 6.10 Å². The molecule has 0 radical (unpaired) electrons. The summed E-state index contributed by atoms with van der Waals surface area (Å²) in [5, 5.41) is 21.5. The van der Waals surface area contributed by atoms with Gasteiger partial charge in [-0.15, -0.1) is 0 Å². The first-order chi connectivity index (χ1) is 8.00. The Morgan fingerprint density at radius 2 is 1.82 bits per heavy atom. The average Bonchev–Trinajstić information content (AvgIpc) is 2.29. The van der Waals surface area contributed by atoms with E-state index in [1.54, 1.807) is 6.92 Å². The molecule has 0 bridgehead atoms. The van der Waals surface area contributed by atoms with Crippen LogP contribution in [-0.4, -0.2) is 34.4 Å². The highest BCUT2D eigenvalue weighted by atomic mass is 16.3. The van der Waals surface area contributed by atoms with E-state index in [1.165, 1.54) is 6.92 Å². The predicted octanol–water partition coefficient (Wildman–Crippen LogP) is 0.475. The summed E-state index contributed by atoms with van der Waals surface area (Å²) in [6.45, 7) is 3.11. The molecule has 0 saturated heterocycles. The average molecular weight is 237 g/mol. The Bertz CT molecular complexity index is 351. The summed E-state index contributed by atoms with van der Waals surface area (Å²) in [5.74, 6) is -0.468. The topological polar surface area (TPSA) is 69.6 Å². The van der Waals surface area contributed by atoms with E-state index in [4.69, 9.17) is 5.11 Å². The van der Waals surface area contributed by atoms with Crippen molar-refractivity contribution in [3.05, 3.63) is 35.9 Å². The molecule has 0 heterocycles.